The molecule has 3 nitrogen and oxygen atoms in total. The predicted molar refractivity (Wildman–Crippen MR) is 102 cm³/mol. The van der Waals surface area contributed by atoms with E-state index in [1.807, 2.05) is 73.1 Å². The molecule has 0 amide bonds. The van der Waals surface area contributed by atoms with Crippen molar-refractivity contribution in [2.24, 2.45) is 0 Å². The van der Waals surface area contributed by atoms with Crippen LogP contribution in [0.3, 0.4) is 0 Å². The number of allylic oxidation sites excluding steroid dienone is 1. The Balaban J connectivity index is 0.00000210. The van der Waals surface area contributed by atoms with Gasteiger partial charge in [-0.05, 0) is 23.8 Å². The highest BCUT2D eigenvalue weighted by molar-refractivity contribution is 6.06. The Kier molecular flexibility index (Phi) is 5.99. The summed E-state index contributed by atoms with van der Waals surface area (Å²) in [5, 5.41) is 0.936. The lowest BCUT2D eigenvalue weighted by Crippen LogP contribution is -3.00. The minimum Gasteiger partial charge on any atom is -1.00 e. The van der Waals surface area contributed by atoms with Crippen LogP contribution >= 0.6 is 0 Å². The topological polar surface area (TPSA) is 34.1 Å². The first-order chi connectivity index (χ1) is 12.8. The van der Waals surface area contributed by atoms with Gasteiger partial charge >= 0.3 is 0 Å². The number of aromatic nitrogens is 1. The molecule has 2 aromatic carbocycles. The first-order valence-electron chi connectivity index (χ1n) is 8.52. The van der Waals surface area contributed by atoms with Gasteiger partial charge in [-0.2, -0.15) is 0 Å². The molecule has 0 saturated carbocycles. The molecule has 0 spiro atoms. The van der Waals surface area contributed by atoms with Crippen LogP contribution in [0.25, 0.3) is 17.0 Å². The Bertz CT molecular complexity index is 1030. The second kappa shape index (κ2) is 8.60. The minimum atomic E-state index is -0.137. The number of ketones is 1. The van der Waals surface area contributed by atoms with Crippen LogP contribution < -0.4 is 21.5 Å². The zero-order valence-corrected chi connectivity index (χ0v) is 16.2. The number of fused-ring (bicyclic) bond motifs is 1. The number of benzene rings is 2. The smallest absolute Gasteiger partial charge is 0.221 e. The molecule has 0 saturated heterocycles. The average Bonchev–Trinajstić information content (AvgIpc) is 3.12. The van der Waals surface area contributed by atoms with Crippen LogP contribution in [0, 0.1) is 0 Å². The van der Waals surface area contributed by atoms with Crippen LogP contribution in [0.5, 0.6) is 0 Å². The molecule has 0 unspecified atom stereocenters. The van der Waals surface area contributed by atoms with Gasteiger partial charge in [0.25, 0.3) is 0 Å². The van der Waals surface area contributed by atoms with Crippen molar-refractivity contribution in [1.29, 1.82) is 0 Å². The van der Waals surface area contributed by atoms with E-state index in [9.17, 15) is 4.79 Å². The predicted octanol–water partition coefficient (Wildman–Crippen LogP) is 1.67. The van der Waals surface area contributed by atoms with Crippen LogP contribution in [-0.4, -0.2) is 5.78 Å². The van der Waals surface area contributed by atoms with Crippen molar-refractivity contribution in [2.75, 3.05) is 0 Å². The van der Waals surface area contributed by atoms with Crippen molar-refractivity contribution in [1.82, 2.24) is 0 Å². The van der Waals surface area contributed by atoms with E-state index >= 15 is 0 Å². The lowest BCUT2D eigenvalue weighted by atomic mass is 10.2. The summed E-state index contributed by atoms with van der Waals surface area (Å²) in [7, 11) is 0. The highest BCUT2D eigenvalue weighted by Crippen LogP contribution is 2.19. The number of halogens is 1. The molecule has 2 heterocycles. The first-order valence-corrected chi connectivity index (χ1v) is 8.52. The summed E-state index contributed by atoms with van der Waals surface area (Å²) >= 11 is 0. The second-order valence-electron chi connectivity index (χ2n) is 6.14. The van der Waals surface area contributed by atoms with Crippen LogP contribution in [0.1, 0.15) is 21.7 Å². The molecule has 0 N–H and O–H groups in total. The first kappa shape index (κ1) is 18.8. The van der Waals surface area contributed by atoms with Crippen LogP contribution in [0.2, 0.25) is 0 Å². The van der Waals surface area contributed by atoms with E-state index in [1.165, 1.54) is 5.56 Å². The number of furan rings is 1. The fourth-order valence-electron chi connectivity index (χ4n) is 2.84. The normalized spacial score (nSPS) is 10.8. The van der Waals surface area contributed by atoms with Gasteiger partial charge in [0.05, 0.1) is 0 Å². The SMILES string of the molecule is O=C(/C=C/c1cc[n+](Cc2ccccc2)cc1)c1cc2ccccc2o1.[Br-]. The summed E-state index contributed by atoms with van der Waals surface area (Å²) in [5.41, 5.74) is 2.95. The average molecular weight is 420 g/mol. The maximum atomic E-state index is 12.3. The van der Waals surface area contributed by atoms with Gasteiger partial charge in [-0.25, -0.2) is 4.57 Å². The van der Waals surface area contributed by atoms with E-state index in [-0.39, 0.29) is 22.8 Å². The molecular weight excluding hydrogens is 402 g/mol. The summed E-state index contributed by atoms with van der Waals surface area (Å²) in [6, 6.07) is 23.7. The Labute approximate surface area is 168 Å². The standard InChI is InChI=1S/C23H18NO2.BrH/c25-21(23-16-20-8-4-5-9-22(20)26-23)11-10-18-12-14-24(15-13-18)17-19-6-2-1-3-7-19;/h1-16H,17H2;1H/q+1;/p-1/b11-10+;. The molecule has 0 aliphatic heterocycles. The Morgan fingerprint density at radius 2 is 1.63 bits per heavy atom. The number of para-hydroxylation sites is 1. The molecule has 0 aliphatic carbocycles. The molecule has 27 heavy (non-hydrogen) atoms. The third kappa shape index (κ3) is 4.60. The van der Waals surface area contributed by atoms with Crippen molar-refractivity contribution in [3.63, 3.8) is 0 Å². The number of rotatable bonds is 5. The van der Waals surface area contributed by atoms with Crippen LogP contribution in [-0.2, 0) is 6.54 Å². The number of nitrogens with zero attached hydrogens (tertiary/aromatic N) is 1. The van der Waals surface area contributed by atoms with Gasteiger partial charge in [0.15, 0.2) is 24.7 Å². The quantitative estimate of drug-likeness (QED) is 0.280. The van der Waals surface area contributed by atoms with E-state index in [0.29, 0.717) is 5.76 Å². The highest BCUT2D eigenvalue weighted by atomic mass is 79.9. The van der Waals surface area contributed by atoms with E-state index in [4.69, 9.17) is 4.42 Å². The van der Waals surface area contributed by atoms with Crippen molar-refractivity contribution in [3.8, 4) is 0 Å². The maximum Gasteiger partial charge on any atom is 0.221 e. The van der Waals surface area contributed by atoms with Crippen LogP contribution in [0.4, 0.5) is 0 Å². The van der Waals surface area contributed by atoms with Gasteiger partial charge < -0.3 is 21.4 Å². The molecular formula is C23H18BrNO2. The Morgan fingerprint density at radius 1 is 0.926 bits per heavy atom. The summed E-state index contributed by atoms with van der Waals surface area (Å²) in [5.74, 6) is 0.222. The van der Waals surface area contributed by atoms with Gasteiger partial charge in [0.1, 0.15) is 5.58 Å². The molecule has 0 aliphatic rings. The number of carbonyl (C=O) groups is 1. The molecule has 0 fully saturated rings. The lowest BCUT2D eigenvalue weighted by Gasteiger charge is -1.98. The molecule has 4 rings (SSSR count). The number of pyridine rings is 1. The number of hydrogen-bond acceptors (Lipinski definition) is 2. The fourth-order valence-corrected chi connectivity index (χ4v) is 2.84. The van der Waals surface area contributed by atoms with Crippen molar-refractivity contribution < 1.29 is 30.8 Å². The lowest BCUT2D eigenvalue weighted by molar-refractivity contribution is -0.688. The Hall–Kier alpha value is -2.98. The zero-order valence-electron chi connectivity index (χ0n) is 14.6. The van der Waals surface area contributed by atoms with Crippen molar-refractivity contribution in [2.45, 2.75) is 6.54 Å². The maximum absolute atomic E-state index is 12.3. The van der Waals surface area contributed by atoms with E-state index < -0.39 is 0 Å². The van der Waals surface area contributed by atoms with Gasteiger partial charge in [-0.1, -0.05) is 54.6 Å². The summed E-state index contributed by atoms with van der Waals surface area (Å²) in [6.07, 6.45) is 7.38. The van der Waals surface area contributed by atoms with E-state index in [0.717, 1.165) is 23.1 Å². The molecule has 0 bridgehead atoms. The molecule has 4 aromatic rings. The third-order valence-corrected chi connectivity index (χ3v) is 4.22. The molecule has 134 valence electrons. The fraction of sp³-hybridized carbons (Fsp3) is 0.0435. The summed E-state index contributed by atoms with van der Waals surface area (Å²) < 4.78 is 7.70. The number of carbonyl (C=O) groups excluding carboxylic acids is 1. The van der Waals surface area contributed by atoms with Crippen LogP contribution in [0.15, 0.2) is 95.7 Å². The van der Waals surface area contributed by atoms with Crippen molar-refractivity contribution >= 4 is 22.8 Å². The van der Waals surface area contributed by atoms with Gasteiger partial charge in [0.2, 0.25) is 5.78 Å². The zero-order chi connectivity index (χ0) is 17.8. The monoisotopic (exact) mass is 419 g/mol. The summed E-state index contributed by atoms with van der Waals surface area (Å²) in [6.45, 7) is 0.822. The second-order valence-corrected chi connectivity index (χ2v) is 6.14. The van der Waals surface area contributed by atoms with E-state index in [1.54, 1.807) is 12.1 Å². The highest BCUT2D eigenvalue weighted by Gasteiger charge is 2.09. The number of hydrogen-bond donors (Lipinski definition) is 0. The molecule has 2 aromatic heterocycles. The van der Waals surface area contributed by atoms with E-state index in [2.05, 4.69) is 16.7 Å². The Morgan fingerprint density at radius 3 is 2.37 bits per heavy atom. The van der Waals surface area contributed by atoms with Gasteiger partial charge in [-0.15, -0.1) is 0 Å². The summed E-state index contributed by atoms with van der Waals surface area (Å²) in [4.78, 5) is 12.3. The molecule has 0 radical (unpaired) electrons. The third-order valence-electron chi connectivity index (χ3n) is 4.22. The molecule has 4 heteroatoms. The van der Waals surface area contributed by atoms with Gasteiger partial charge in [0, 0.05) is 23.1 Å². The van der Waals surface area contributed by atoms with Gasteiger partial charge in [-0.3, -0.25) is 4.79 Å². The van der Waals surface area contributed by atoms with Crippen molar-refractivity contribution in [3.05, 3.63) is 108 Å². The minimum absolute atomic E-state index is 0. The molecule has 0 atom stereocenters. The largest absolute Gasteiger partial charge is 1.00 e.